The molecular formula is C23H16ClNO4. The van der Waals surface area contributed by atoms with Crippen molar-refractivity contribution in [2.24, 2.45) is 0 Å². The summed E-state index contributed by atoms with van der Waals surface area (Å²) in [5.74, 6) is 0.809. The number of amides is 1. The number of hydrogen-bond acceptors (Lipinski definition) is 4. The second kappa shape index (κ2) is 8.20. The topological polar surface area (TPSA) is 64.6 Å². The molecule has 1 aliphatic rings. The van der Waals surface area contributed by atoms with Crippen molar-refractivity contribution in [3.63, 3.8) is 0 Å². The van der Waals surface area contributed by atoms with Crippen LogP contribution in [-0.4, -0.2) is 18.5 Å². The molecule has 6 heteroatoms. The summed E-state index contributed by atoms with van der Waals surface area (Å²) in [6.07, 6.45) is 3.18. The van der Waals surface area contributed by atoms with Crippen LogP contribution in [0.2, 0.25) is 5.02 Å². The first-order valence-corrected chi connectivity index (χ1v) is 9.25. The number of carbonyl (C=O) groups is 2. The molecule has 0 atom stereocenters. The van der Waals surface area contributed by atoms with Gasteiger partial charge in [-0.05, 0) is 66.2 Å². The third-order valence-electron chi connectivity index (χ3n) is 4.34. The largest absolute Gasteiger partial charge is 0.454 e. The van der Waals surface area contributed by atoms with E-state index in [0.717, 1.165) is 5.56 Å². The van der Waals surface area contributed by atoms with Gasteiger partial charge in [-0.25, -0.2) is 0 Å². The summed E-state index contributed by atoms with van der Waals surface area (Å²) in [5.41, 5.74) is 2.43. The molecule has 1 heterocycles. The van der Waals surface area contributed by atoms with Gasteiger partial charge in [-0.15, -0.1) is 0 Å². The van der Waals surface area contributed by atoms with Crippen LogP contribution in [-0.2, 0) is 0 Å². The zero-order valence-electron chi connectivity index (χ0n) is 15.2. The van der Waals surface area contributed by atoms with Crippen LogP contribution in [0.5, 0.6) is 11.5 Å². The van der Waals surface area contributed by atoms with Crippen molar-refractivity contribution in [2.45, 2.75) is 0 Å². The van der Waals surface area contributed by atoms with Gasteiger partial charge in [0, 0.05) is 21.8 Å². The Morgan fingerprint density at radius 3 is 2.48 bits per heavy atom. The smallest absolute Gasteiger partial charge is 0.255 e. The predicted octanol–water partition coefficient (Wildman–Crippen LogP) is 5.22. The Morgan fingerprint density at radius 1 is 0.897 bits per heavy atom. The molecule has 0 fully saturated rings. The molecule has 29 heavy (non-hydrogen) atoms. The number of anilines is 1. The van der Waals surface area contributed by atoms with E-state index >= 15 is 0 Å². The van der Waals surface area contributed by atoms with Crippen molar-refractivity contribution >= 4 is 35.1 Å². The average molecular weight is 406 g/mol. The number of ketones is 1. The molecule has 3 aromatic carbocycles. The molecule has 0 spiro atoms. The van der Waals surface area contributed by atoms with Gasteiger partial charge in [0.15, 0.2) is 17.3 Å². The van der Waals surface area contributed by atoms with Crippen LogP contribution in [0, 0.1) is 0 Å². The molecule has 144 valence electrons. The van der Waals surface area contributed by atoms with E-state index in [1.165, 1.54) is 6.08 Å². The number of ether oxygens (including phenoxy) is 2. The molecule has 0 saturated heterocycles. The number of nitrogens with one attached hydrogen (secondary N) is 1. The van der Waals surface area contributed by atoms with Gasteiger partial charge in [0.2, 0.25) is 6.79 Å². The van der Waals surface area contributed by atoms with Crippen molar-refractivity contribution in [1.29, 1.82) is 0 Å². The molecule has 1 aliphatic heterocycles. The molecule has 1 amide bonds. The lowest BCUT2D eigenvalue weighted by Crippen LogP contribution is -2.11. The third kappa shape index (κ3) is 4.47. The normalized spacial score (nSPS) is 12.2. The Morgan fingerprint density at radius 2 is 1.66 bits per heavy atom. The van der Waals surface area contributed by atoms with Crippen LogP contribution in [0.3, 0.4) is 0 Å². The van der Waals surface area contributed by atoms with Crippen LogP contribution >= 0.6 is 11.6 Å². The maximum Gasteiger partial charge on any atom is 0.255 e. The van der Waals surface area contributed by atoms with Gasteiger partial charge in [0.25, 0.3) is 5.91 Å². The molecule has 0 unspecified atom stereocenters. The fraction of sp³-hybridized carbons (Fsp3) is 0.0435. The predicted molar refractivity (Wildman–Crippen MR) is 112 cm³/mol. The van der Waals surface area contributed by atoms with Crippen molar-refractivity contribution in [3.05, 3.63) is 94.5 Å². The molecule has 0 saturated carbocycles. The lowest BCUT2D eigenvalue weighted by Gasteiger charge is -2.06. The summed E-state index contributed by atoms with van der Waals surface area (Å²) in [5, 5.41) is 3.40. The minimum absolute atomic E-state index is 0.154. The highest BCUT2D eigenvalue weighted by atomic mass is 35.5. The Balaban J connectivity index is 1.45. The summed E-state index contributed by atoms with van der Waals surface area (Å²) >= 11 is 5.85. The van der Waals surface area contributed by atoms with Gasteiger partial charge < -0.3 is 14.8 Å². The highest BCUT2D eigenvalue weighted by molar-refractivity contribution is 6.30. The van der Waals surface area contributed by atoms with E-state index in [4.69, 9.17) is 21.1 Å². The molecule has 3 aromatic rings. The molecule has 5 nitrogen and oxygen atoms in total. The van der Waals surface area contributed by atoms with E-state index in [1.54, 1.807) is 60.7 Å². The van der Waals surface area contributed by atoms with Crippen molar-refractivity contribution in [3.8, 4) is 11.5 Å². The zero-order valence-corrected chi connectivity index (χ0v) is 16.0. The maximum absolute atomic E-state index is 12.4. The summed E-state index contributed by atoms with van der Waals surface area (Å²) < 4.78 is 10.6. The van der Waals surface area contributed by atoms with Gasteiger partial charge >= 0.3 is 0 Å². The second-order valence-electron chi connectivity index (χ2n) is 6.35. The molecule has 4 rings (SSSR count). The Kier molecular flexibility index (Phi) is 5.31. The van der Waals surface area contributed by atoms with E-state index < -0.39 is 0 Å². The lowest BCUT2D eigenvalue weighted by molar-refractivity contribution is 0.102. The van der Waals surface area contributed by atoms with Gasteiger partial charge in [-0.1, -0.05) is 29.8 Å². The fourth-order valence-corrected chi connectivity index (χ4v) is 2.97. The SMILES string of the molecule is O=C(/C=C/c1cccc(NC(=O)c2ccc(Cl)cc2)c1)c1ccc2c(c1)OCO2. The molecule has 0 radical (unpaired) electrons. The van der Waals surface area contributed by atoms with E-state index in [-0.39, 0.29) is 18.5 Å². The number of carbonyl (C=O) groups excluding carboxylic acids is 2. The molecular weight excluding hydrogens is 390 g/mol. The van der Waals surface area contributed by atoms with Crippen LogP contribution in [0.15, 0.2) is 72.8 Å². The number of allylic oxidation sites excluding steroid dienone is 1. The van der Waals surface area contributed by atoms with Gasteiger partial charge in [-0.2, -0.15) is 0 Å². The molecule has 0 aliphatic carbocycles. The highest BCUT2D eigenvalue weighted by Gasteiger charge is 2.15. The third-order valence-corrected chi connectivity index (χ3v) is 4.59. The summed E-state index contributed by atoms with van der Waals surface area (Å²) in [6, 6.07) is 19.0. The number of fused-ring (bicyclic) bond motifs is 1. The second-order valence-corrected chi connectivity index (χ2v) is 6.79. The molecule has 0 aromatic heterocycles. The number of hydrogen-bond donors (Lipinski definition) is 1. The molecule has 1 N–H and O–H groups in total. The van der Waals surface area contributed by atoms with E-state index in [1.807, 2.05) is 12.1 Å². The minimum atomic E-state index is -0.237. The number of halogens is 1. The van der Waals surface area contributed by atoms with Crippen molar-refractivity contribution in [1.82, 2.24) is 0 Å². The average Bonchev–Trinajstić information content (AvgIpc) is 3.20. The Labute approximate surface area is 172 Å². The van der Waals surface area contributed by atoms with Crippen LogP contribution in [0.1, 0.15) is 26.3 Å². The van der Waals surface area contributed by atoms with Crippen molar-refractivity contribution < 1.29 is 19.1 Å². The monoisotopic (exact) mass is 405 g/mol. The van der Waals surface area contributed by atoms with E-state index in [0.29, 0.717) is 33.3 Å². The summed E-state index contributed by atoms with van der Waals surface area (Å²) in [4.78, 5) is 24.8. The van der Waals surface area contributed by atoms with Crippen LogP contribution in [0.25, 0.3) is 6.08 Å². The first-order valence-electron chi connectivity index (χ1n) is 8.87. The Bertz CT molecular complexity index is 1110. The first kappa shape index (κ1) is 18.8. The quantitative estimate of drug-likeness (QED) is 0.467. The Hall–Kier alpha value is -3.57. The maximum atomic E-state index is 12.4. The zero-order chi connectivity index (χ0) is 20.2. The van der Waals surface area contributed by atoms with Crippen LogP contribution < -0.4 is 14.8 Å². The minimum Gasteiger partial charge on any atom is -0.454 e. The first-order chi connectivity index (χ1) is 14.1. The summed E-state index contributed by atoms with van der Waals surface area (Å²) in [7, 11) is 0. The van der Waals surface area contributed by atoms with E-state index in [9.17, 15) is 9.59 Å². The summed E-state index contributed by atoms with van der Waals surface area (Å²) in [6.45, 7) is 0.164. The molecule has 0 bridgehead atoms. The van der Waals surface area contributed by atoms with Crippen LogP contribution in [0.4, 0.5) is 5.69 Å². The number of benzene rings is 3. The van der Waals surface area contributed by atoms with Gasteiger partial charge in [-0.3, -0.25) is 9.59 Å². The highest BCUT2D eigenvalue weighted by Crippen LogP contribution is 2.32. The standard InChI is InChI=1S/C23H16ClNO4/c24-18-8-5-16(6-9-18)23(27)25-19-3-1-2-15(12-19)4-10-20(26)17-7-11-21-22(13-17)29-14-28-21/h1-13H,14H2,(H,25,27)/b10-4+. The van der Waals surface area contributed by atoms with Gasteiger partial charge in [0.1, 0.15) is 0 Å². The van der Waals surface area contributed by atoms with E-state index in [2.05, 4.69) is 5.32 Å². The van der Waals surface area contributed by atoms with Gasteiger partial charge in [0.05, 0.1) is 0 Å². The number of rotatable bonds is 5. The fourth-order valence-electron chi connectivity index (χ4n) is 2.84. The lowest BCUT2D eigenvalue weighted by atomic mass is 10.1. The van der Waals surface area contributed by atoms with Crippen molar-refractivity contribution in [2.75, 3.05) is 12.1 Å².